The molecule has 0 saturated heterocycles. The lowest BCUT2D eigenvalue weighted by Gasteiger charge is -2.18. The van der Waals surface area contributed by atoms with E-state index in [9.17, 15) is 0 Å². The summed E-state index contributed by atoms with van der Waals surface area (Å²) in [7, 11) is 0. The Bertz CT molecular complexity index is 570. The van der Waals surface area contributed by atoms with E-state index in [4.69, 9.17) is 29.0 Å². The SMILES string of the molecule is CCc1ccc(CC(NN)c2cccc(Cl)c2Cl)nc1. The Morgan fingerprint density at radius 1 is 1.25 bits per heavy atom. The molecule has 1 heterocycles. The molecule has 0 aliphatic rings. The summed E-state index contributed by atoms with van der Waals surface area (Å²) in [6, 6.07) is 9.51. The van der Waals surface area contributed by atoms with E-state index in [-0.39, 0.29) is 6.04 Å². The molecule has 2 aromatic rings. The summed E-state index contributed by atoms with van der Waals surface area (Å²) >= 11 is 12.3. The molecule has 2 rings (SSSR count). The van der Waals surface area contributed by atoms with Crippen molar-refractivity contribution in [1.82, 2.24) is 10.4 Å². The van der Waals surface area contributed by atoms with Crippen LogP contribution < -0.4 is 11.3 Å². The van der Waals surface area contributed by atoms with Gasteiger partial charge in [-0.25, -0.2) is 0 Å². The Balaban J connectivity index is 2.21. The van der Waals surface area contributed by atoms with E-state index in [0.717, 1.165) is 17.7 Å². The van der Waals surface area contributed by atoms with Crippen LogP contribution in [0, 0.1) is 0 Å². The van der Waals surface area contributed by atoms with Crippen molar-refractivity contribution in [2.45, 2.75) is 25.8 Å². The number of aromatic nitrogens is 1. The van der Waals surface area contributed by atoms with Gasteiger partial charge in [0.05, 0.1) is 16.1 Å². The highest BCUT2D eigenvalue weighted by Crippen LogP contribution is 2.30. The molecular weight excluding hydrogens is 293 g/mol. The minimum absolute atomic E-state index is 0.124. The molecule has 1 aromatic carbocycles. The summed E-state index contributed by atoms with van der Waals surface area (Å²) in [5.41, 5.74) is 5.83. The van der Waals surface area contributed by atoms with Crippen LogP contribution in [0.5, 0.6) is 0 Å². The third-order valence-electron chi connectivity index (χ3n) is 3.27. The summed E-state index contributed by atoms with van der Waals surface area (Å²) in [5.74, 6) is 5.65. The van der Waals surface area contributed by atoms with E-state index in [2.05, 4.69) is 23.4 Å². The Morgan fingerprint density at radius 2 is 2.05 bits per heavy atom. The second kappa shape index (κ2) is 7.04. The summed E-state index contributed by atoms with van der Waals surface area (Å²) in [5, 5.41) is 1.06. The molecule has 0 fully saturated rings. The maximum Gasteiger partial charge on any atom is 0.0640 e. The van der Waals surface area contributed by atoms with Crippen LogP contribution in [-0.2, 0) is 12.8 Å². The number of benzene rings is 1. The van der Waals surface area contributed by atoms with Crippen LogP contribution in [0.2, 0.25) is 10.0 Å². The first-order chi connectivity index (χ1) is 9.65. The molecule has 106 valence electrons. The third kappa shape index (κ3) is 3.49. The van der Waals surface area contributed by atoms with Gasteiger partial charge in [0.15, 0.2) is 0 Å². The van der Waals surface area contributed by atoms with Gasteiger partial charge in [0.25, 0.3) is 0 Å². The highest BCUT2D eigenvalue weighted by atomic mass is 35.5. The van der Waals surface area contributed by atoms with Crippen molar-refractivity contribution in [3.05, 3.63) is 63.4 Å². The fraction of sp³-hybridized carbons (Fsp3) is 0.267. The van der Waals surface area contributed by atoms with Crippen molar-refractivity contribution in [2.75, 3.05) is 0 Å². The molecule has 0 saturated carbocycles. The lowest BCUT2D eigenvalue weighted by atomic mass is 10.0. The second-order valence-electron chi connectivity index (χ2n) is 4.58. The fourth-order valence-corrected chi connectivity index (χ4v) is 2.48. The smallest absolute Gasteiger partial charge is 0.0640 e. The molecule has 0 radical (unpaired) electrons. The van der Waals surface area contributed by atoms with Crippen molar-refractivity contribution in [1.29, 1.82) is 0 Å². The number of hydrazine groups is 1. The van der Waals surface area contributed by atoms with Gasteiger partial charge in [0.2, 0.25) is 0 Å². The third-order valence-corrected chi connectivity index (χ3v) is 4.10. The van der Waals surface area contributed by atoms with E-state index >= 15 is 0 Å². The largest absolute Gasteiger partial charge is 0.271 e. The minimum atomic E-state index is -0.124. The van der Waals surface area contributed by atoms with Gasteiger partial charge >= 0.3 is 0 Å². The van der Waals surface area contributed by atoms with Crippen LogP contribution in [-0.4, -0.2) is 4.98 Å². The minimum Gasteiger partial charge on any atom is -0.271 e. The van der Waals surface area contributed by atoms with Crippen molar-refractivity contribution in [3.8, 4) is 0 Å². The number of aryl methyl sites for hydroxylation is 1. The Labute approximate surface area is 129 Å². The lowest BCUT2D eigenvalue weighted by Crippen LogP contribution is -2.30. The van der Waals surface area contributed by atoms with Gasteiger partial charge in [-0.1, -0.05) is 48.3 Å². The molecule has 0 aliphatic heterocycles. The normalized spacial score (nSPS) is 12.4. The summed E-state index contributed by atoms with van der Waals surface area (Å²) in [6.45, 7) is 2.10. The molecule has 3 nitrogen and oxygen atoms in total. The molecule has 5 heteroatoms. The predicted octanol–water partition coefficient (Wildman–Crippen LogP) is 3.70. The number of rotatable bonds is 5. The number of nitrogens with zero attached hydrogens (tertiary/aromatic N) is 1. The standard InChI is InChI=1S/C15H17Cl2N3/c1-2-10-6-7-11(19-9-10)8-14(20-18)12-4-3-5-13(16)15(12)17/h3-7,9,14,20H,2,8,18H2,1H3. The lowest BCUT2D eigenvalue weighted by molar-refractivity contribution is 0.546. The molecular formula is C15H17Cl2N3. The van der Waals surface area contributed by atoms with E-state index in [1.54, 1.807) is 6.07 Å². The molecule has 20 heavy (non-hydrogen) atoms. The number of halogens is 2. The number of hydrogen-bond donors (Lipinski definition) is 2. The van der Waals surface area contributed by atoms with Crippen LogP contribution in [0.1, 0.15) is 29.8 Å². The van der Waals surface area contributed by atoms with Crippen molar-refractivity contribution in [3.63, 3.8) is 0 Å². The van der Waals surface area contributed by atoms with Gasteiger partial charge in [-0.15, -0.1) is 0 Å². The molecule has 0 bridgehead atoms. The van der Waals surface area contributed by atoms with Crippen LogP contribution in [0.4, 0.5) is 0 Å². The summed E-state index contributed by atoms with van der Waals surface area (Å²) in [6.07, 6.45) is 3.52. The van der Waals surface area contributed by atoms with E-state index < -0.39 is 0 Å². The van der Waals surface area contributed by atoms with Crippen molar-refractivity contribution >= 4 is 23.2 Å². The van der Waals surface area contributed by atoms with Gasteiger partial charge in [-0.2, -0.15) is 0 Å². The zero-order valence-electron chi connectivity index (χ0n) is 11.2. The van der Waals surface area contributed by atoms with Gasteiger partial charge < -0.3 is 0 Å². The Morgan fingerprint density at radius 3 is 2.65 bits per heavy atom. The Kier molecular flexibility index (Phi) is 5.38. The molecule has 1 aromatic heterocycles. The molecule has 3 N–H and O–H groups in total. The first-order valence-electron chi connectivity index (χ1n) is 6.49. The van der Waals surface area contributed by atoms with Crippen LogP contribution in [0.25, 0.3) is 0 Å². The fourth-order valence-electron chi connectivity index (χ4n) is 2.04. The summed E-state index contributed by atoms with van der Waals surface area (Å²) < 4.78 is 0. The predicted molar refractivity (Wildman–Crippen MR) is 83.8 cm³/mol. The molecule has 0 aliphatic carbocycles. The van der Waals surface area contributed by atoms with Gasteiger partial charge in [0, 0.05) is 18.3 Å². The number of pyridine rings is 1. The first-order valence-corrected chi connectivity index (χ1v) is 7.25. The number of nitrogens with two attached hydrogens (primary N) is 1. The van der Waals surface area contributed by atoms with Crippen molar-refractivity contribution < 1.29 is 0 Å². The van der Waals surface area contributed by atoms with Crippen LogP contribution in [0.15, 0.2) is 36.5 Å². The maximum atomic E-state index is 6.23. The molecule has 0 spiro atoms. The van der Waals surface area contributed by atoms with E-state index in [0.29, 0.717) is 16.5 Å². The quantitative estimate of drug-likeness (QED) is 0.654. The van der Waals surface area contributed by atoms with Crippen LogP contribution >= 0.6 is 23.2 Å². The highest BCUT2D eigenvalue weighted by molar-refractivity contribution is 6.42. The monoisotopic (exact) mass is 309 g/mol. The molecule has 0 amide bonds. The van der Waals surface area contributed by atoms with Gasteiger partial charge in [-0.3, -0.25) is 16.3 Å². The van der Waals surface area contributed by atoms with Gasteiger partial charge in [0.1, 0.15) is 0 Å². The second-order valence-corrected chi connectivity index (χ2v) is 5.36. The topological polar surface area (TPSA) is 50.9 Å². The zero-order chi connectivity index (χ0) is 14.5. The first kappa shape index (κ1) is 15.3. The maximum absolute atomic E-state index is 6.23. The van der Waals surface area contributed by atoms with E-state index in [1.807, 2.05) is 24.4 Å². The van der Waals surface area contributed by atoms with Gasteiger partial charge in [-0.05, 0) is 29.7 Å². The number of nitrogens with one attached hydrogen (secondary N) is 1. The van der Waals surface area contributed by atoms with Crippen molar-refractivity contribution in [2.24, 2.45) is 5.84 Å². The molecule has 1 unspecified atom stereocenters. The van der Waals surface area contributed by atoms with Crippen LogP contribution in [0.3, 0.4) is 0 Å². The average molecular weight is 310 g/mol. The Hall–Kier alpha value is -1.13. The zero-order valence-corrected chi connectivity index (χ0v) is 12.7. The molecule has 1 atom stereocenters. The van der Waals surface area contributed by atoms with E-state index in [1.165, 1.54) is 5.56 Å². The average Bonchev–Trinajstić information content (AvgIpc) is 2.48. The number of hydrogen-bond acceptors (Lipinski definition) is 3. The summed E-state index contributed by atoms with van der Waals surface area (Å²) in [4.78, 5) is 4.44. The highest BCUT2D eigenvalue weighted by Gasteiger charge is 2.16.